The van der Waals surface area contributed by atoms with Gasteiger partial charge in [0.25, 0.3) is 5.91 Å². The van der Waals surface area contributed by atoms with Crippen molar-refractivity contribution < 1.29 is 14.3 Å². The Morgan fingerprint density at radius 2 is 2.09 bits per heavy atom. The number of hydrogen-bond donors (Lipinski definition) is 4. The lowest BCUT2D eigenvalue weighted by Crippen LogP contribution is -2.19. The van der Waals surface area contributed by atoms with Crippen molar-refractivity contribution in [2.24, 2.45) is 4.99 Å². The summed E-state index contributed by atoms with van der Waals surface area (Å²) in [6.07, 6.45) is 6.89. The Labute approximate surface area is 206 Å². The highest BCUT2D eigenvalue weighted by molar-refractivity contribution is 7.13. The van der Waals surface area contributed by atoms with Crippen molar-refractivity contribution >= 4 is 40.7 Å². The topological polar surface area (TPSA) is 153 Å². The molecular weight excluding hydrogens is 464 g/mol. The smallest absolute Gasteiger partial charge is 0.275 e. The lowest BCUT2D eigenvalue weighted by atomic mass is 10.0. The number of furan rings is 1. The summed E-state index contributed by atoms with van der Waals surface area (Å²) in [5.41, 5.74) is 15.6. The van der Waals surface area contributed by atoms with E-state index < -0.39 is 5.60 Å². The third-order valence-electron chi connectivity index (χ3n) is 5.15. The molecule has 0 bridgehead atoms. The molecule has 0 unspecified atom stereocenters. The summed E-state index contributed by atoms with van der Waals surface area (Å²) >= 11 is 1.34. The minimum Gasteiger partial charge on any atom is -0.472 e. The summed E-state index contributed by atoms with van der Waals surface area (Å²) in [5.74, 6) is 0.0245. The standard InChI is InChI=1S/C25H26N6O3S/c1-25(2,33)5-7-28-12-17-9-18(11-19(22(17)27)16-4-8-34-13-16)30-23(32)20-14-35-24(31-20)15-3-6-29-21(26)10-15/h3-4,6,8-14,33H,5,7,27H2,1-2H3,(H2,26,29)(H,30,32). The summed E-state index contributed by atoms with van der Waals surface area (Å²) in [7, 11) is 0. The molecule has 3 heterocycles. The van der Waals surface area contributed by atoms with Gasteiger partial charge < -0.3 is 26.3 Å². The highest BCUT2D eigenvalue weighted by atomic mass is 32.1. The second-order valence-electron chi connectivity index (χ2n) is 8.60. The predicted molar refractivity (Wildman–Crippen MR) is 140 cm³/mol. The molecule has 0 saturated heterocycles. The van der Waals surface area contributed by atoms with Gasteiger partial charge in [-0.15, -0.1) is 11.3 Å². The van der Waals surface area contributed by atoms with Crippen molar-refractivity contribution in [3.63, 3.8) is 0 Å². The first-order valence-corrected chi connectivity index (χ1v) is 11.7. The molecule has 0 aliphatic heterocycles. The number of anilines is 3. The van der Waals surface area contributed by atoms with Crippen LogP contribution in [0.2, 0.25) is 0 Å². The molecule has 0 aliphatic carbocycles. The number of aromatic nitrogens is 2. The van der Waals surface area contributed by atoms with E-state index in [2.05, 4.69) is 20.3 Å². The van der Waals surface area contributed by atoms with Crippen LogP contribution in [-0.2, 0) is 0 Å². The maximum absolute atomic E-state index is 13.0. The predicted octanol–water partition coefficient (Wildman–Crippen LogP) is 4.46. The Hall–Kier alpha value is -4.02. The number of nitrogens with zero attached hydrogens (tertiary/aromatic N) is 3. The number of nitrogen functional groups attached to an aromatic ring is 2. The Kier molecular flexibility index (Phi) is 6.94. The van der Waals surface area contributed by atoms with E-state index in [0.29, 0.717) is 46.3 Å². The number of hydrogen-bond acceptors (Lipinski definition) is 9. The normalized spacial score (nSPS) is 11.7. The Morgan fingerprint density at radius 1 is 1.26 bits per heavy atom. The van der Waals surface area contributed by atoms with Gasteiger partial charge in [-0.2, -0.15) is 0 Å². The van der Waals surface area contributed by atoms with E-state index in [1.807, 2.05) is 0 Å². The first-order valence-electron chi connectivity index (χ1n) is 10.9. The van der Waals surface area contributed by atoms with Crippen molar-refractivity contribution in [3.8, 4) is 21.7 Å². The number of rotatable bonds is 8. The van der Waals surface area contributed by atoms with Crippen LogP contribution in [0.5, 0.6) is 0 Å². The van der Waals surface area contributed by atoms with Crippen LogP contribution < -0.4 is 16.8 Å². The summed E-state index contributed by atoms with van der Waals surface area (Å²) in [6, 6.07) is 8.82. The molecule has 0 saturated carbocycles. The third kappa shape index (κ3) is 6.11. The molecule has 6 N–H and O–H groups in total. The van der Waals surface area contributed by atoms with Gasteiger partial charge in [0.1, 0.15) is 16.5 Å². The highest BCUT2D eigenvalue weighted by Crippen LogP contribution is 2.32. The van der Waals surface area contributed by atoms with Gasteiger partial charge in [0.05, 0.1) is 18.1 Å². The second-order valence-corrected chi connectivity index (χ2v) is 9.46. The molecule has 10 heteroatoms. The Balaban J connectivity index is 1.59. The number of nitrogens with two attached hydrogens (primary N) is 2. The molecule has 4 aromatic rings. The van der Waals surface area contributed by atoms with Gasteiger partial charge in [-0.25, -0.2) is 9.97 Å². The van der Waals surface area contributed by atoms with Gasteiger partial charge in [0.2, 0.25) is 0 Å². The lowest BCUT2D eigenvalue weighted by molar-refractivity contribution is 0.0739. The number of thiazole rings is 1. The first kappa shape index (κ1) is 24.1. The molecule has 1 aromatic carbocycles. The van der Waals surface area contributed by atoms with E-state index in [1.54, 1.807) is 74.5 Å². The van der Waals surface area contributed by atoms with Crippen LogP contribution >= 0.6 is 11.3 Å². The van der Waals surface area contributed by atoms with E-state index >= 15 is 0 Å². The van der Waals surface area contributed by atoms with Crippen LogP contribution in [0.25, 0.3) is 21.7 Å². The molecular formula is C25H26N6O3S. The molecule has 0 spiro atoms. The van der Waals surface area contributed by atoms with Gasteiger partial charge in [0, 0.05) is 58.0 Å². The molecule has 0 aliphatic rings. The zero-order valence-electron chi connectivity index (χ0n) is 19.4. The molecule has 9 nitrogen and oxygen atoms in total. The minimum atomic E-state index is -0.810. The second kappa shape index (κ2) is 10.1. The van der Waals surface area contributed by atoms with E-state index in [4.69, 9.17) is 15.9 Å². The summed E-state index contributed by atoms with van der Waals surface area (Å²) < 4.78 is 5.22. The lowest BCUT2D eigenvalue weighted by Gasteiger charge is -2.15. The largest absolute Gasteiger partial charge is 0.472 e. The van der Waals surface area contributed by atoms with Crippen molar-refractivity contribution in [2.75, 3.05) is 23.3 Å². The number of pyridine rings is 1. The molecule has 0 fully saturated rings. The fourth-order valence-electron chi connectivity index (χ4n) is 3.30. The first-order chi connectivity index (χ1) is 16.7. The monoisotopic (exact) mass is 490 g/mol. The van der Waals surface area contributed by atoms with Gasteiger partial charge >= 0.3 is 0 Å². The van der Waals surface area contributed by atoms with Crippen molar-refractivity contribution in [2.45, 2.75) is 25.9 Å². The van der Waals surface area contributed by atoms with Crippen molar-refractivity contribution in [1.29, 1.82) is 0 Å². The van der Waals surface area contributed by atoms with Crippen LogP contribution in [0, 0.1) is 0 Å². The van der Waals surface area contributed by atoms with E-state index in [1.165, 1.54) is 11.3 Å². The maximum Gasteiger partial charge on any atom is 0.275 e. The molecule has 180 valence electrons. The van der Waals surface area contributed by atoms with Gasteiger partial charge in [-0.05, 0) is 50.6 Å². The van der Waals surface area contributed by atoms with Crippen LogP contribution in [0.1, 0.15) is 36.3 Å². The number of aliphatic hydroxyl groups is 1. The van der Waals surface area contributed by atoms with Crippen molar-refractivity contribution in [3.05, 3.63) is 65.7 Å². The highest BCUT2D eigenvalue weighted by Gasteiger charge is 2.16. The molecule has 35 heavy (non-hydrogen) atoms. The number of benzene rings is 1. The minimum absolute atomic E-state index is 0.280. The summed E-state index contributed by atoms with van der Waals surface area (Å²) in [6.45, 7) is 3.90. The fourth-order valence-corrected chi connectivity index (χ4v) is 4.10. The number of amides is 1. The van der Waals surface area contributed by atoms with Crippen LogP contribution in [-0.4, -0.2) is 39.3 Å². The number of nitrogens with one attached hydrogen (secondary N) is 1. The summed E-state index contributed by atoms with van der Waals surface area (Å²) in [5, 5.41) is 15.2. The number of carbonyl (C=O) groups is 1. The van der Waals surface area contributed by atoms with E-state index in [-0.39, 0.29) is 11.6 Å². The van der Waals surface area contributed by atoms with Crippen LogP contribution in [0.3, 0.4) is 0 Å². The average Bonchev–Trinajstić information content (AvgIpc) is 3.50. The number of carbonyl (C=O) groups excluding carboxylic acids is 1. The average molecular weight is 491 g/mol. The zero-order valence-corrected chi connectivity index (χ0v) is 20.2. The Morgan fingerprint density at radius 3 is 2.80 bits per heavy atom. The van der Waals surface area contributed by atoms with Crippen molar-refractivity contribution in [1.82, 2.24) is 9.97 Å². The summed E-state index contributed by atoms with van der Waals surface area (Å²) in [4.78, 5) is 25.8. The molecule has 4 rings (SSSR count). The van der Waals surface area contributed by atoms with Gasteiger partial charge in [0.15, 0.2) is 0 Å². The van der Waals surface area contributed by atoms with E-state index in [9.17, 15) is 9.90 Å². The molecule has 3 aromatic heterocycles. The molecule has 0 atom stereocenters. The number of aliphatic imine (C=N–C) groups is 1. The quantitative estimate of drug-likeness (QED) is 0.210. The third-order valence-corrected chi connectivity index (χ3v) is 6.04. The molecule has 1 amide bonds. The van der Waals surface area contributed by atoms with E-state index in [0.717, 1.165) is 11.1 Å². The Bertz CT molecular complexity index is 1360. The zero-order chi connectivity index (χ0) is 25.0. The van der Waals surface area contributed by atoms with Crippen LogP contribution in [0.15, 0.2) is 63.8 Å². The van der Waals surface area contributed by atoms with Gasteiger partial charge in [-0.1, -0.05) is 0 Å². The molecule has 0 radical (unpaired) electrons. The van der Waals surface area contributed by atoms with Crippen LogP contribution in [0.4, 0.5) is 17.2 Å². The fraction of sp³-hybridized carbons (Fsp3) is 0.200. The van der Waals surface area contributed by atoms with Gasteiger partial charge in [-0.3, -0.25) is 9.79 Å². The SMILES string of the molecule is CC(C)(O)CCN=Cc1cc(NC(=O)c2csc(-c3ccnc(N)c3)n2)cc(-c2ccoc2)c1N. The maximum atomic E-state index is 13.0.